The van der Waals surface area contributed by atoms with Gasteiger partial charge in [-0.3, -0.25) is 4.98 Å². The Balaban J connectivity index is 1.91. The van der Waals surface area contributed by atoms with Crippen LogP contribution in [0.2, 0.25) is 0 Å². The van der Waals surface area contributed by atoms with E-state index in [4.69, 9.17) is 4.74 Å². The average Bonchev–Trinajstić information content (AvgIpc) is 2.40. The number of anilines is 1. The van der Waals surface area contributed by atoms with Crippen molar-refractivity contribution in [2.75, 3.05) is 11.9 Å². The molecular formula is C13H14BrN3O. The molecule has 1 aromatic carbocycles. The van der Waals surface area contributed by atoms with Gasteiger partial charge < -0.3 is 10.1 Å². The average molecular weight is 308 g/mol. The number of benzene rings is 1. The minimum atomic E-state index is 0.418. The smallest absolute Gasteiger partial charge is 0.144 e. The van der Waals surface area contributed by atoms with Crippen molar-refractivity contribution in [2.24, 2.45) is 0 Å². The molecule has 2 rings (SSSR count). The zero-order chi connectivity index (χ0) is 12.8. The Morgan fingerprint density at radius 3 is 2.56 bits per heavy atom. The lowest BCUT2D eigenvalue weighted by atomic mass is 10.3. The van der Waals surface area contributed by atoms with Crippen LogP contribution in [0.5, 0.6) is 5.75 Å². The predicted molar refractivity (Wildman–Crippen MR) is 74.7 cm³/mol. The predicted octanol–water partition coefficient (Wildman–Crippen LogP) is 3.25. The number of nitrogens with one attached hydrogen (secondary N) is 1. The maximum atomic E-state index is 5.60. The summed E-state index contributed by atoms with van der Waals surface area (Å²) < 4.78 is 6.64. The first-order valence-corrected chi connectivity index (χ1v) is 6.50. The second kappa shape index (κ2) is 6.35. The summed E-state index contributed by atoms with van der Waals surface area (Å²) in [5.74, 6) is 1.60. The summed E-state index contributed by atoms with van der Waals surface area (Å²) in [6, 6.07) is 7.69. The number of nitrogens with zero attached hydrogens (tertiary/aromatic N) is 2. The van der Waals surface area contributed by atoms with Crippen LogP contribution in [0.15, 0.2) is 41.1 Å². The van der Waals surface area contributed by atoms with Crippen LogP contribution in [0.4, 0.5) is 5.82 Å². The molecule has 0 fully saturated rings. The van der Waals surface area contributed by atoms with Crippen LogP contribution in [0.3, 0.4) is 0 Å². The Bertz CT molecular complexity index is 485. The van der Waals surface area contributed by atoms with Gasteiger partial charge in [0.15, 0.2) is 0 Å². The van der Waals surface area contributed by atoms with Crippen molar-refractivity contribution in [3.05, 3.63) is 46.8 Å². The van der Waals surface area contributed by atoms with Gasteiger partial charge in [-0.05, 0) is 31.2 Å². The van der Waals surface area contributed by atoms with E-state index in [0.717, 1.165) is 28.3 Å². The molecule has 0 radical (unpaired) electrons. The van der Waals surface area contributed by atoms with Gasteiger partial charge in [0.1, 0.15) is 18.2 Å². The van der Waals surface area contributed by atoms with Crippen molar-refractivity contribution < 1.29 is 4.74 Å². The van der Waals surface area contributed by atoms with Gasteiger partial charge in [0.05, 0.1) is 18.1 Å². The third kappa shape index (κ3) is 3.70. The quantitative estimate of drug-likeness (QED) is 0.921. The molecule has 1 heterocycles. The SMILES string of the molecule is CCNc1cnc(COc2ccc(Br)cc2)cn1. The van der Waals surface area contributed by atoms with Gasteiger partial charge >= 0.3 is 0 Å². The van der Waals surface area contributed by atoms with Crippen LogP contribution in [-0.4, -0.2) is 16.5 Å². The van der Waals surface area contributed by atoms with E-state index in [1.807, 2.05) is 31.2 Å². The largest absolute Gasteiger partial charge is 0.487 e. The molecule has 5 heteroatoms. The summed E-state index contributed by atoms with van der Waals surface area (Å²) >= 11 is 3.38. The molecule has 0 unspecified atom stereocenters. The molecule has 0 saturated carbocycles. The highest BCUT2D eigenvalue weighted by molar-refractivity contribution is 9.10. The van der Waals surface area contributed by atoms with Crippen molar-refractivity contribution in [1.29, 1.82) is 0 Å². The van der Waals surface area contributed by atoms with Crippen molar-refractivity contribution in [1.82, 2.24) is 9.97 Å². The Labute approximate surface area is 115 Å². The molecule has 0 spiro atoms. The molecule has 0 bridgehead atoms. The number of hydrogen-bond donors (Lipinski definition) is 1. The lowest BCUT2D eigenvalue weighted by molar-refractivity contribution is 0.301. The van der Waals surface area contributed by atoms with E-state index < -0.39 is 0 Å². The molecule has 0 aliphatic carbocycles. The number of halogens is 1. The summed E-state index contributed by atoms with van der Waals surface area (Å²) in [6.07, 6.45) is 3.43. The summed E-state index contributed by atoms with van der Waals surface area (Å²) in [7, 11) is 0. The van der Waals surface area contributed by atoms with Crippen LogP contribution in [-0.2, 0) is 6.61 Å². The second-order valence-corrected chi connectivity index (χ2v) is 4.58. The minimum absolute atomic E-state index is 0.418. The zero-order valence-corrected chi connectivity index (χ0v) is 11.6. The van der Waals surface area contributed by atoms with Gasteiger partial charge in [0.2, 0.25) is 0 Å². The maximum Gasteiger partial charge on any atom is 0.144 e. The Morgan fingerprint density at radius 1 is 1.17 bits per heavy atom. The molecule has 0 aliphatic heterocycles. The molecular weight excluding hydrogens is 294 g/mol. The molecule has 0 amide bonds. The number of rotatable bonds is 5. The van der Waals surface area contributed by atoms with Gasteiger partial charge in [-0.2, -0.15) is 0 Å². The first-order chi connectivity index (χ1) is 8.78. The minimum Gasteiger partial charge on any atom is -0.487 e. The molecule has 0 saturated heterocycles. The summed E-state index contributed by atoms with van der Waals surface area (Å²) in [5.41, 5.74) is 0.805. The van der Waals surface area contributed by atoms with E-state index >= 15 is 0 Å². The molecule has 1 aromatic heterocycles. The lowest BCUT2D eigenvalue weighted by Crippen LogP contribution is -2.03. The third-order valence-corrected chi connectivity index (χ3v) is 2.79. The molecule has 0 atom stereocenters. The van der Waals surface area contributed by atoms with Crippen molar-refractivity contribution in [2.45, 2.75) is 13.5 Å². The highest BCUT2D eigenvalue weighted by Crippen LogP contribution is 2.17. The molecule has 0 aliphatic rings. The van der Waals surface area contributed by atoms with Gasteiger partial charge in [-0.25, -0.2) is 4.98 Å². The summed E-state index contributed by atoms with van der Waals surface area (Å²) in [4.78, 5) is 8.50. The standard InChI is InChI=1S/C13H14BrN3O/c1-2-15-13-8-16-11(7-17-13)9-18-12-5-3-10(14)4-6-12/h3-8H,2,9H2,1H3,(H,15,17). The van der Waals surface area contributed by atoms with E-state index in [0.29, 0.717) is 6.61 Å². The monoisotopic (exact) mass is 307 g/mol. The van der Waals surface area contributed by atoms with E-state index in [9.17, 15) is 0 Å². The third-order valence-electron chi connectivity index (χ3n) is 2.26. The van der Waals surface area contributed by atoms with Gasteiger partial charge in [0, 0.05) is 11.0 Å². The maximum absolute atomic E-state index is 5.60. The number of aromatic nitrogens is 2. The Hall–Kier alpha value is -1.62. The topological polar surface area (TPSA) is 47.0 Å². The first kappa shape index (κ1) is 12.8. The molecule has 18 heavy (non-hydrogen) atoms. The van der Waals surface area contributed by atoms with E-state index in [1.165, 1.54) is 0 Å². The van der Waals surface area contributed by atoms with Gasteiger partial charge in [-0.15, -0.1) is 0 Å². The van der Waals surface area contributed by atoms with E-state index in [1.54, 1.807) is 12.4 Å². The van der Waals surface area contributed by atoms with Crippen LogP contribution < -0.4 is 10.1 Å². The molecule has 2 aromatic rings. The van der Waals surface area contributed by atoms with Crippen LogP contribution in [0.25, 0.3) is 0 Å². The Morgan fingerprint density at radius 2 is 1.94 bits per heavy atom. The molecule has 94 valence electrons. The van der Waals surface area contributed by atoms with Gasteiger partial charge in [-0.1, -0.05) is 15.9 Å². The first-order valence-electron chi connectivity index (χ1n) is 5.71. The highest BCUT2D eigenvalue weighted by atomic mass is 79.9. The van der Waals surface area contributed by atoms with Crippen molar-refractivity contribution in [3.8, 4) is 5.75 Å². The Kier molecular flexibility index (Phi) is 4.52. The molecule has 4 nitrogen and oxygen atoms in total. The zero-order valence-electron chi connectivity index (χ0n) is 10.1. The van der Waals surface area contributed by atoms with E-state index in [2.05, 4.69) is 31.2 Å². The summed E-state index contributed by atoms with van der Waals surface area (Å²) in [6.45, 7) is 3.27. The van der Waals surface area contributed by atoms with Crippen LogP contribution in [0, 0.1) is 0 Å². The number of ether oxygens (including phenoxy) is 1. The van der Waals surface area contributed by atoms with Crippen LogP contribution >= 0.6 is 15.9 Å². The van der Waals surface area contributed by atoms with Crippen molar-refractivity contribution >= 4 is 21.7 Å². The van der Waals surface area contributed by atoms with Crippen LogP contribution in [0.1, 0.15) is 12.6 Å². The highest BCUT2D eigenvalue weighted by Gasteiger charge is 1.99. The fraction of sp³-hybridized carbons (Fsp3) is 0.231. The van der Waals surface area contributed by atoms with Crippen molar-refractivity contribution in [3.63, 3.8) is 0 Å². The van der Waals surface area contributed by atoms with E-state index in [-0.39, 0.29) is 0 Å². The van der Waals surface area contributed by atoms with Gasteiger partial charge in [0.25, 0.3) is 0 Å². The second-order valence-electron chi connectivity index (χ2n) is 3.67. The molecule has 1 N–H and O–H groups in total. The fourth-order valence-electron chi connectivity index (χ4n) is 1.39. The lowest BCUT2D eigenvalue weighted by Gasteiger charge is -2.06. The normalized spacial score (nSPS) is 10.1. The number of hydrogen-bond acceptors (Lipinski definition) is 4. The fourth-order valence-corrected chi connectivity index (χ4v) is 1.65. The summed E-state index contributed by atoms with van der Waals surface area (Å²) in [5, 5.41) is 3.10.